The maximum Gasteiger partial charge on any atom is 0.132 e. The van der Waals surface area contributed by atoms with Crippen molar-refractivity contribution in [3.05, 3.63) is 33.8 Å². The second kappa shape index (κ2) is 6.08. The summed E-state index contributed by atoms with van der Waals surface area (Å²) in [5, 5.41) is 3.25. The number of halogens is 3. The van der Waals surface area contributed by atoms with Crippen LogP contribution in [0.2, 0.25) is 0 Å². The number of nitrogens with zero attached hydrogens (tertiary/aromatic N) is 1. The lowest BCUT2D eigenvalue weighted by atomic mass is 10.0. The Balaban J connectivity index is 2.32. The highest BCUT2D eigenvalue weighted by molar-refractivity contribution is 9.10. The Kier molecular flexibility index (Phi) is 4.70. The van der Waals surface area contributed by atoms with E-state index in [0.29, 0.717) is 10.9 Å². The lowest BCUT2D eigenvalue weighted by Gasteiger charge is -2.35. The SMILES string of the molecule is CC[C@@H](c1c(F)cc(Br)cc1F)N1CCNCC1. The number of benzene rings is 1. The molecule has 1 atom stereocenters. The lowest BCUT2D eigenvalue weighted by molar-refractivity contribution is 0.162. The Morgan fingerprint density at radius 3 is 2.33 bits per heavy atom. The summed E-state index contributed by atoms with van der Waals surface area (Å²) in [7, 11) is 0. The summed E-state index contributed by atoms with van der Waals surface area (Å²) in [6, 6.07) is 2.49. The molecule has 0 bridgehead atoms. The lowest BCUT2D eigenvalue weighted by Crippen LogP contribution is -2.45. The minimum atomic E-state index is -0.466. The first-order valence-electron chi connectivity index (χ1n) is 6.22. The van der Waals surface area contributed by atoms with Gasteiger partial charge in [0.25, 0.3) is 0 Å². The van der Waals surface area contributed by atoms with Crippen LogP contribution >= 0.6 is 15.9 Å². The normalized spacial score (nSPS) is 18.9. The third-order valence-corrected chi connectivity index (χ3v) is 3.81. The molecule has 18 heavy (non-hydrogen) atoms. The van der Waals surface area contributed by atoms with Crippen LogP contribution in [0.25, 0.3) is 0 Å². The van der Waals surface area contributed by atoms with E-state index in [4.69, 9.17) is 0 Å². The van der Waals surface area contributed by atoms with Crippen LogP contribution in [0.3, 0.4) is 0 Å². The van der Waals surface area contributed by atoms with Gasteiger partial charge >= 0.3 is 0 Å². The van der Waals surface area contributed by atoms with Crippen LogP contribution in [0.4, 0.5) is 8.78 Å². The van der Waals surface area contributed by atoms with Gasteiger partial charge in [0.05, 0.1) is 0 Å². The van der Waals surface area contributed by atoms with Crippen LogP contribution in [0, 0.1) is 11.6 Å². The molecule has 1 aromatic rings. The number of piperazine rings is 1. The average Bonchev–Trinajstić information content (AvgIpc) is 2.34. The zero-order valence-electron chi connectivity index (χ0n) is 10.3. The molecule has 0 radical (unpaired) electrons. The Morgan fingerprint density at radius 2 is 1.83 bits per heavy atom. The molecular formula is C13H17BrF2N2. The molecule has 1 aliphatic rings. The third-order valence-electron chi connectivity index (χ3n) is 3.36. The topological polar surface area (TPSA) is 15.3 Å². The molecule has 1 fully saturated rings. The van der Waals surface area contributed by atoms with Crippen molar-refractivity contribution in [2.24, 2.45) is 0 Å². The molecule has 5 heteroatoms. The number of hydrogen-bond donors (Lipinski definition) is 1. The van der Waals surface area contributed by atoms with Crippen molar-refractivity contribution in [3.63, 3.8) is 0 Å². The minimum absolute atomic E-state index is 0.180. The summed E-state index contributed by atoms with van der Waals surface area (Å²) >= 11 is 3.11. The van der Waals surface area contributed by atoms with Crippen molar-refractivity contribution in [2.75, 3.05) is 26.2 Å². The molecule has 1 heterocycles. The molecular weight excluding hydrogens is 302 g/mol. The van der Waals surface area contributed by atoms with Gasteiger partial charge < -0.3 is 5.32 Å². The number of hydrogen-bond acceptors (Lipinski definition) is 2. The highest BCUT2D eigenvalue weighted by Crippen LogP contribution is 2.31. The zero-order valence-corrected chi connectivity index (χ0v) is 11.9. The largest absolute Gasteiger partial charge is 0.314 e. The smallest absolute Gasteiger partial charge is 0.132 e. The van der Waals surface area contributed by atoms with E-state index in [1.54, 1.807) is 0 Å². The average molecular weight is 319 g/mol. The monoisotopic (exact) mass is 318 g/mol. The summed E-state index contributed by atoms with van der Waals surface area (Å²) in [5.41, 5.74) is 0.197. The van der Waals surface area contributed by atoms with Crippen LogP contribution < -0.4 is 5.32 Å². The van der Waals surface area contributed by atoms with Crippen molar-refractivity contribution >= 4 is 15.9 Å². The Morgan fingerprint density at radius 1 is 1.28 bits per heavy atom. The standard InChI is InChI=1S/C13H17BrF2N2/c1-2-12(18-5-3-17-4-6-18)13-10(15)7-9(14)8-11(13)16/h7-8,12,17H,2-6H2,1H3/t12-/m0/s1. The fourth-order valence-electron chi connectivity index (χ4n) is 2.51. The fraction of sp³-hybridized carbons (Fsp3) is 0.538. The van der Waals surface area contributed by atoms with E-state index in [-0.39, 0.29) is 11.6 Å². The second-order valence-corrected chi connectivity index (χ2v) is 5.41. The van der Waals surface area contributed by atoms with E-state index >= 15 is 0 Å². The van der Waals surface area contributed by atoms with Gasteiger partial charge in [-0.1, -0.05) is 22.9 Å². The highest BCUT2D eigenvalue weighted by Gasteiger charge is 2.26. The Bertz CT molecular complexity index is 396. The van der Waals surface area contributed by atoms with E-state index in [1.165, 1.54) is 12.1 Å². The highest BCUT2D eigenvalue weighted by atomic mass is 79.9. The minimum Gasteiger partial charge on any atom is -0.314 e. The first-order valence-corrected chi connectivity index (χ1v) is 7.02. The van der Waals surface area contributed by atoms with Gasteiger partial charge in [-0.2, -0.15) is 0 Å². The van der Waals surface area contributed by atoms with E-state index in [9.17, 15) is 8.78 Å². The quantitative estimate of drug-likeness (QED) is 0.921. The van der Waals surface area contributed by atoms with Crippen LogP contribution in [0.1, 0.15) is 24.9 Å². The van der Waals surface area contributed by atoms with Crippen LogP contribution in [0.15, 0.2) is 16.6 Å². The van der Waals surface area contributed by atoms with E-state index in [1.807, 2.05) is 6.92 Å². The summed E-state index contributed by atoms with van der Waals surface area (Å²) < 4.78 is 28.4. The maximum absolute atomic E-state index is 14.0. The van der Waals surface area contributed by atoms with Crippen LogP contribution in [0.5, 0.6) is 0 Å². The van der Waals surface area contributed by atoms with Gasteiger partial charge in [0.2, 0.25) is 0 Å². The molecule has 0 amide bonds. The van der Waals surface area contributed by atoms with Crippen molar-refractivity contribution in [1.29, 1.82) is 0 Å². The van der Waals surface area contributed by atoms with Gasteiger partial charge in [-0.3, -0.25) is 4.90 Å². The Hall–Kier alpha value is -0.520. The maximum atomic E-state index is 14.0. The third kappa shape index (κ3) is 2.90. The molecule has 1 N–H and O–H groups in total. The zero-order chi connectivity index (χ0) is 13.1. The molecule has 1 aliphatic heterocycles. The molecule has 0 aliphatic carbocycles. The van der Waals surface area contributed by atoms with Crippen molar-refractivity contribution < 1.29 is 8.78 Å². The molecule has 2 rings (SSSR count). The first-order chi connectivity index (χ1) is 8.63. The van der Waals surface area contributed by atoms with Gasteiger partial charge in [0.1, 0.15) is 11.6 Å². The molecule has 0 unspecified atom stereocenters. The van der Waals surface area contributed by atoms with E-state index < -0.39 is 11.6 Å². The number of rotatable bonds is 3. The van der Waals surface area contributed by atoms with Crippen molar-refractivity contribution in [1.82, 2.24) is 10.2 Å². The van der Waals surface area contributed by atoms with Gasteiger partial charge in [-0.15, -0.1) is 0 Å². The number of nitrogens with one attached hydrogen (secondary N) is 1. The summed E-state index contributed by atoms with van der Waals surface area (Å²) in [4.78, 5) is 2.14. The van der Waals surface area contributed by atoms with Crippen molar-refractivity contribution in [2.45, 2.75) is 19.4 Å². The molecule has 1 saturated heterocycles. The summed E-state index contributed by atoms with van der Waals surface area (Å²) in [6.07, 6.45) is 0.704. The second-order valence-electron chi connectivity index (χ2n) is 4.49. The molecule has 1 aromatic carbocycles. The molecule has 0 aromatic heterocycles. The first kappa shape index (κ1) is 13.9. The predicted molar refractivity (Wildman–Crippen MR) is 71.5 cm³/mol. The van der Waals surface area contributed by atoms with Crippen LogP contribution in [-0.4, -0.2) is 31.1 Å². The van der Waals surface area contributed by atoms with Gasteiger partial charge in [0.15, 0.2) is 0 Å². The van der Waals surface area contributed by atoms with Gasteiger partial charge in [0, 0.05) is 42.3 Å². The molecule has 0 spiro atoms. The molecule has 0 saturated carbocycles. The van der Waals surface area contributed by atoms with E-state index in [0.717, 1.165) is 26.2 Å². The Labute approximate surface area is 114 Å². The molecule has 2 nitrogen and oxygen atoms in total. The van der Waals surface area contributed by atoms with Crippen molar-refractivity contribution in [3.8, 4) is 0 Å². The van der Waals surface area contributed by atoms with E-state index in [2.05, 4.69) is 26.1 Å². The van der Waals surface area contributed by atoms with Gasteiger partial charge in [-0.05, 0) is 18.6 Å². The molecule has 100 valence electrons. The van der Waals surface area contributed by atoms with Gasteiger partial charge in [-0.25, -0.2) is 8.78 Å². The summed E-state index contributed by atoms with van der Waals surface area (Å²) in [5.74, 6) is -0.931. The fourth-order valence-corrected chi connectivity index (χ4v) is 2.91. The van der Waals surface area contributed by atoms with Crippen LogP contribution in [-0.2, 0) is 0 Å². The summed E-state index contributed by atoms with van der Waals surface area (Å²) in [6.45, 7) is 5.36. The predicted octanol–water partition coefficient (Wildman–Crippen LogP) is 3.08.